The minimum Gasteiger partial charge on any atom is -0.380 e. The van der Waals surface area contributed by atoms with Crippen LogP contribution in [-0.2, 0) is 11.3 Å². The molecule has 1 aliphatic rings. The number of nitrogens with zero attached hydrogens (tertiary/aromatic N) is 2. The van der Waals surface area contributed by atoms with E-state index in [0.717, 1.165) is 40.9 Å². The van der Waals surface area contributed by atoms with Gasteiger partial charge in [-0.05, 0) is 69.4 Å². The summed E-state index contributed by atoms with van der Waals surface area (Å²) in [5.41, 5.74) is 7.43. The third kappa shape index (κ3) is 4.04. The Morgan fingerprint density at radius 3 is 2.65 bits per heavy atom. The summed E-state index contributed by atoms with van der Waals surface area (Å²) in [6.07, 6.45) is 0.980. The maximum absolute atomic E-state index is 13.3. The molecular weight excluding hydrogens is 388 g/mol. The Kier molecular flexibility index (Phi) is 6.01. The zero-order valence-corrected chi connectivity index (χ0v) is 19.1. The van der Waals surface area contributed by atoms with E-state index in [2.05, 4.69) is 56.2 Å². The highest BCUT2D eigenvalue weighted by atomic mass is 16.5. The molecule has 1 atom stereocenters. The number of carbonyl (C=O) groups is 1. The van der Waals surface area contributed by atoms with Gasteiger partial charge in [-0.1, -0.05) is 18.2 Å². The lowest BCUT2D eigenvalue weighted by Crippen LogP contribution is -2.53. The molecule has 0 saturated carbocycles. The van der Waals surface area contributed by atoms with Gasteiger partial charge in [0.15, 0.2) is 5.82 Å². The second-order valence-corrected chi connectivity index (χ2v) is 8.48. The van der Waals surface area contributed by atoms with Crippen LogP contribution in [0, 0.1) is 27.7 Å². The molecule has 1 aromatic carbocycles. The zero-order valence-electron chi connectivity index (χ0n) is 19.1. The van der Waals surface area contributed by atoms with Gasteiger partial charge in [0.25, 0.3) is 5.91 Å². The predicted octanol–water partition coefficient (Wildman–Crippen LogP) is 4.66. The van der Waals surface area contributed by atoms with Crippen molar-refractivity contribution in [2.45, 2.75) is 53.6 Å². The molecule has 3 heterocycles. The van der Waals surface area contributed by atoms with Crippen molar-refractivity contribution in [1.29, 1.82) is 0 Å². The molecule has 2 N–H and O–H groups in total. The Morgan fingerprint density at radius 1 is 1.26 bits per heavy atom. The molecule has 1 amide bonds. The Labute approximate surface area is 184 Å². The first-order valence-corrected chi connectivity index (χ1v) is 11.1. The van der Waals surface area contributed by atoms with E-state index in [0.29, 0.717) is 25.5 Å². The molecule has 2 aromatic heterocycles. The molecular formula is C25H32N4O2. The number of hydrogen-bond acceptors (Lipinski definition) is 4. The monoisotopic (exact) mass is 420 g/mol. The standard InChI is InChI=1S/C25H32N4O2/c1-6-31-14-19-10-11-29(19)25(30)22-12-20-17(4)18(5)27-23(20)24(28-22)26-13-21-15(2)8-7-9-16(21)3/h7-9,12,19,27H,6,10-11,13-14H2,1-5H3,(H,26,28)/t19-/m1/s1. The molecule has 0 bridgehead atoms. The highest BCUT2D eigenvalue weighted by molar-refractivity contribution is 6.01. The van der Waals surface area contributed by atoms with E-state index in [1.807, 2.05) is 17.9 Å². The Morgan fingerprint density at radius 2 is 2.00 bits per heavy atom. The Bertz CT molecular complexity index is 1100. The molecule has 164 valence electrons. The summed E-state index contributed by atoms with van der Waals surface area (Å²) >= 11 is 0. The molecule has 4 rings (SSSR count). The summed E-state index contributed by atoms with van der Waals surface area (Å²) < 4.78 is 5.55. The van der Waals surface area contributed by atoms with E-state index >= 15 is 0 Å². The topological polar surface area (TPSA) is 70.2 Å². The predicted molar refractivity (Wildman–Crippen MR) is 125 cm³/mol. The third-order valence-electron chi connectivity index (χ3n) is 6.51. The van der Waals surface area contributed by atoms with Gasteiger partial charge in [-0.15, -0.1) is 0 Å². The zero-order chi connectivity index (χ0) is 22.1. The minimum absolute atomic E-state index is 0.0220. The lowest BCUT2D eigenvalue weighted by atomic mass is 10.0. The van der Waals surface area contributed by atoms with Crippen LogP contribution in [0.3, 0.4) is 0 Å². The number of amides is 1. The molecule has 0 radical (unpaired) electrons. The van der Waals surface area contributed by atoms with E-state index < -0.39 is 0 Å². The first-order chi connectivity index (χ1) is 14.9. The van der Waals surface area contributed by atoms with Gasteiger partial charge >= 0.3 is 0 Å². The number of likely N-dealkylation sites (tertiary alicyclic amines) is 1. The van der Waals surface area contributed by atoms with Gasteiger partial charge in [0, 0.05) is 30.8 Å². The van der Waals surface area contributed by atoms with Crippen LogP contribution in [0.1, 0.15) is 51.8 Å². The Balaban J connectivity index is 1.66. The number of pyridine rings is 1. The quantitative estimate of drug-likeness (QED) is 0.583. The first kappa shape index (κ1) is 21.4. The minimum atomic E-state index is -0.0220. The second kappa shape index (κ2) is 8.71. The number of ether oxygens (including phenoxy) is 1. The average Bonchev–Trinajstić information content (AvgIpc) is 3.01. The maximum atomic E-state index is 13.3. The number of aromatic amines is 1. The van der Waals surface area contributed by atoms with Crippen molar-refractivity contribution in [3.8, 4) is 0 Å². The van der Waals surface area contributed by atoms with Crippen LogP contribution in [0.5, 0.6) is 0 Å². The number of H-pyrrole nitrogens is 1. The summed E-state index contributed by atoms with van der Waals surface area (Å²) in [7, 11) is 0. The highest BCUT2D eigenvalue weighted by Gasteiger charge is 2.34. The molecule has 0 aliphatic carbocycles. The van der Waals surface area contributed by atoms with Crippen LogP contribution in [0.2, 0.25) is 0 Å². The van der Waals surface area contributed by atoms with E-state index in [1.165, 1.54) is 16.7 Å². The first-order valence-electron chi connectivity index (χ1n) is 11.1. The summed E-state index contributed by atoms with van der Waals surface area (Å²) in [6.45, 7) is 13.0. The number of anilines is 1. The van der Waals surface area contributed by atoms with Crippen LogP contribution in [-0.4, -0.2) is 46.6 Å². The highest BCUT2D eigenvalue weighted by Crippen LogP contribution is 2.30. The van der Waals surface area contributed by atoms with Gasteiger partial charge < -0.3 is 19.9 Å². The molecule has 0 spiro atoms. The van der Waals surface area contributed by atoms with Crippen LogP contribution < -0.4 is 5.32 Å². The summed E-state index contributed by atoms with van der Waals surface area (Å²) in [4.78, 5) is 23.4. The number of benzene rings is 1. The van der Waals surface area contributed by atoms with E-state index in [4.69, 9.17) is 9.72 Å². The van der Waals surface area contributed by atoms with Gasteiger partial charge in [-0.2, -0.15) is 0 Å². The van der Waals surface area contributed by atoms with Gasteiger partial charge in [0.1, 0.15) is 5.69 Å². The number of hydrogen-bond donors (Lipinski definition) is 2. The molecule has 3 aromatic rings. The van der Waals surface area contributed by atoms with Crippen molar-refractivity contribution >= 4 is 22.6 Å². The largest absolute Gasteiger partial charge is 0.380 e. The fourth-order valence-electron chi connectivity index (χ4n) is 4.27. The van der Waals surface area contributed by atoms with Gasteiger partial charge in [-0.25, -0.2) is 4.98 Å². The molecule has 1 aliphatic heterocycles. The number of aryl methyl sites for hydroxylation is 4. The van der Waals surface area contributed by atoms with E-state index in [9.17, 15) is 4.79 Å². The van der Waals surface area contributed by atoms with Crippen molar-refractivity contribution in [3.05, 3.63) is 57.9 Å². The van der Waals surface area contributed by atoms with Gasteiger partial charge in [0.05, 0.1) is 18.2 Å². The maximum Gasteiger partial charge on any atom is 0.272 e. The molecule has 1 fully saturated rings. The van der Waals surface area contributed by atoms with Crippen molar-refractivity contribution in [3.63, 3.8) is 0 Å². The third-order valence-corrected chi connectivity index (χ3v) is 6.51. The molecule has 0 unspecified atom stereocenters. The van der Waals surface area contributed by atoms with Crippen LogP contribution in [0.15, 0.2) is 24.3 Å². The number of rotatable bonds is 7. The Hall–Kier alpha value is -2.86. The van der Waals surface area contributed by atoms with Crippen molar-refractivity contribution < 1.29 is 9.53 Å². The molecule has 6 heteroatoms. The van der Waals surface area contributed by atoms with Crippen molar-refractivity contribution in [2.75, 3.05) is 25.1 Å². The lowest BCUT2D eigenvalue weighted by Gasteiger charge is -2.40. The SMILES string of the molecule is CCOC[C@H]1CCN1C(=O)c1cc2c(C)c(C)[nH]c2c(NCc2c(C)cccc2C)n1. The number of carbonyl (C=O) groups excluding carboxylic acids is 1. The fourth-order valence-corrected chi connectivity index (χ4v) is 4.27. The van der Waals surface area contributed by atoms with Crippen LogP contribution in [0.4, 0.5) is 5.82 Å². The van der Waals surface area contributed by atoms with Crippen LogP contribution in [0.25, 0.3) is 10.9 Å². The average molecular weight is 421 g/mol. The normalized spacial score (nSPS) is 15.9. The van der Waals surface area contributed by atoms with Gasteiger partial charge in [0.2, 0.25) is 0 Å². The number of fused-ring (bicyclic) bond motifs is 1. The fraction of sp³-hybridized carbons (Fsp3) is 0.440. The number of aromatic nitrogens is 2. The van der Waals surface area contributed by atoms with Crippen molar-refractivity contribution in [1.82, 2.24) is 14.9 Å². The molecule has 6 nitrogen and oxygen atoms in total. The molecule has 31 heavy (non-hydrogen) atoms. The van der Waals surface area contributed by atoms with E-state index in [1.54, 1.807) is 0 Å². The lowest BCUT2D eigenvalue weighted by molar-refractivity contribution is 0.0106. The second-order valence-electron chi connectivity index (χ2n) is 8.48. The summed E-state index contributed by atoms with van der Waals surface area (Å²) in [6, 6.07) is 8.39. The smallest absolute Gasteiger partial charge is 0.272 e. The van der Waals surface area contributed by atoms with Crippen LogP contribution >= 0.6 is 0 Å². The summed E-state index contributed by atoms with van der Waals surface area (Å²) in [5.74, 6) is 0.702. The van der Waals surface area contributed by atoms with Gasteiger partial charge in [-0.3, -0.25) is 4.79 Å². The van der Waals surface area contributed by atoms with Crippen molar-refractivity contribution in [2.24, 2.45) is 0 Å². The van der Waals surface area contributed by atoms with E-state index in [-0.39, 0.29) is 11.9 Å². The molecule has 1 saturated heterocycles. The number of nitrogens with one attached hydrogen (secondary N) is 2. The summed E-state index contributed by atoms with van der Waals surface area (Å²) in [5, 5.41) is 4.55.